The van der Waals surface area contributed by atoms with E-state index in [1.807, 2.05) is 29.2 Å². The highest BCUT2D eigenvalue weighted by molar-refractivity contribution is 5.77. The highest BCUT2D eigenvalue weighted by Gasteiger charge is 2.36. The molecule has 7 heteroatoms. The number of methoxy groups -OCH3 is 1. The minimum Gasteiger partial charge on any atom is -0.495 e. The molecule has 0 unspecified atom stereocenters. The summed E-state index contributed by atoms with van der Waals surface area (Å²) in [6, 6.07) is 9.33. The van der Waals surface area contributed by atoms with E-state index in [-0.39, 0.29) is 17.0 Å². The third kappa shape index (κ3) is 3.76. The molecule has 1 aliphatic rings. The number of nitrogens with one attached hydrogen (secondary N) is 1. The molecule has 1 amide bonds. The summed E-state index contributed by atoms with van der Waals surface area (Å²) in [7, 11) is 1.67. The summed E-state index contributed by atoms with van der Waals surface area (Å²) in [5.74, 6) is 1.42. The number of aryl methyl sites for hydroxylation is 1. The lowest BCUT2D eigenvalue weighted by atomic mass is 9.97. The number of carbonyl (C=O) groups is 1. The van der Waals surface area contributed by atoms with E-state index in [1.165, 1.54) is 6.07 Å². The average Bonchev–Trinajstić information content (AvgIpc) is 3.04. The summed E-state index contributed by atoms with van der Waals surface area (Å²) in [5.41, 5.74) is 0.545. The predicted molar refractivity (Wildman–Crippen MR) is 98.6 cm³/mol. The average molecular weight is 359 g/mol. The number of amides is 1. The number of piperazine rings is 1. The Kier molecular flexibility index (Phi) is 5.06. The molecule has 7 nitrogen and oxygen atoms in total. The zero-order valence-electron chi connectivity index (χ0n) is 15.4. The van der Waals surface area contributed by atoms with Crippen molar-refractivity contribution in [1.29, 1.82) is 0 Å². The quantitative estimate of drug-likeness (QED) is 0.884. The number of ether oxygens (including phenoxy) is 1. The molecular formula is C19H25N3O4. The molecule has 2 heterocycles. The summed E-state index contributed by atoms with van der Waals surface area (Å²) >= 11 is 0. The number of hydrogen-bond donors (Lipinski definition) is 1. The van der Waals surface area contributed by atoms with Crippen LogP contribution < -0.4 is 15.2 Å². The molecule has 0 bridgehead atoms. The van der Waals surface area contributed by atoms with Crippen LogP contribution in [0.5, 0.6) is 5.75 Å². The lowest BCUT2D eigenvalue weighted by Crippen LogP contribution is -2.60. The largest absolute Gasteiger partial charge is 0.495 e. The summed E-state index contributed by atoms with van der Waals surface area (Å²) in [6.45, 7) is 6.27. The first-order chi connectivity index (χ1) is 12.4. The number of carbonyl (C=O) groups excluding carboxylic acids is 1. The Balaban J connectivity index is 1.66. The first-order valence-corrected chi connectivity index (χ1v) is 8.76. The van der Waals surface area contributed by atoms with Crippen LogP contribution >= 0.6 is 0 Å². The van der Waals surface area contributed by atoms with Crippen LogP contribution in [0, 0.1) is 0 Å². The summed E-state index contributed by atoms with van der Waals surface area (Å²) in [6.07, 6.45) is 0.746. The second-order valence-corrected chi connectivity index (χ2v) is 7.13. The summed E-state index contributed by atoms with van der Waals surface area (Å²) in [5, 5.41) is 2.25. The molecule has 1 aromatic heterocycles. The van der Waals surface area contributed by atoms with Crippen LogP contribution in [0.15, 0.2) is 39.6 Å². The van der Waals surface area contributed by atoms with Crippen LogP contribution in [0.3, 0.4) is 0 Å². The Labute approximate surface area is 152 Å². The maximum atomic E-state index is 12.6. The van der Waals surface area contributed by atoms with Crippen molar-refractivity contribution in [2.24, 2.45) is 0 Å². The van der Waals surface area contributed by atoms with Gasteiger partial charge >= 0.3 is 0 Å². The van der Waals surface area contributed by atoms with Gasteiger partial charge in [0.05, 0.1) is 18.3 Å². The SMILES string of the molecule is COc1ccccc1N1CCN(C(=O)CCc2cc(=O)[nH]o2)CC1(C)C. The van der Waals surface area contributed by atoms with Crippen LogP contribution in [-0.4, -0.2) is 48.2 Å². The molecule has 0 radical (unpaired) electrons. The van der Waals surface area contributed by atoms with E-state index in [0.717, 1.165) is 18.0 Å². The van der Waals surface area contributed by atoms with Crippen LogP contribution in [0.25, 0.3) is 0 Å². The van der Waals surface area contributed by atoms with E-state index in [2.05, 4.69) is 23.9 Å². The van der Waals surface area contributed by atoms with E-state index in [4.69, 9.17) is 9.26 Å². The molecule has 1 aromatic carbocycles. The molecule has 140 valence electrons. The number of rotatable bonds is 5. The third-order valence-electron chi connectivity index (χ3n) is 4.79. The highest BCUT2D eigenvalue weighted by atomic mass is 16.5. The van der Waals surface area contributed by atoms with Crippen molar-refractivity contribution < 1.29 is 14.1 Å². The van der Waals surface area contributed by atoms with Gasteiger partial charge in [-0.2, -0.15) is 5.16 Å². The number of hydrogen-bond acceptors (Lipinski definition) is 5. The second kappa shape index (κ2) is 7.27. The fourth-order valence-electron chi connectivity index (χ4n) is 3.50. The topological polar surface area (TPSA) is 78.8 Å². The van der Waals surface area contributed by atoms with Crippen LogP contribution in [0.4, 0.5) is 5.69 Å². The summed E-state index contributed by atoms with van der Waals surface area (Å²) < 4.78 is 10.5. The summed E-state index contributed by atoms with van der Waals surface area (Å²) in [4.78, 5) is 27.8. The number of para-hydroxylation sites is 2. The number of benzene rings is 1. The van der Waals surface area contributed by atoms with Crippen molar-refractivity contribution in [3.05, 3.63) is 46.4 Å². The Morgan fingerprint density at radius 2 is 2.08 bits per heavy atom. The normalized spacial score (nSPS) is 16.6. The second-order valence-electron chi connectivity index (χ2n) is 7.13. The number of aromatic nitrogens is 1. The molecule has 1 saturated heterocycles. The van der Waals surface area contributed by atoms with E-state index in [9.17, 15) is 9.59 Å². The number of nitrogens with zero attached hydrogens (tertiary/aromatic N) is 2. The molecule has 1 aliphatic heterocycles. The predicted octanol–water partition coefficient (Wildman–Crippen LogP) is 2.04. The molecule has 0 atom stereocenters. The van der Waals surface area contributed by atoms with Gasteiger partial charge in [-0.05, 0) is 26.0 Å². The minimum absolute atomic E-state index is 0.0709. The van der Waals surface area contributed by atoms with Gasteiger partial charge in [0.2, 0.25) is 5.91 Å². The molecule has 0 spiro atoms. The van der Waals surface area contributed by atoms with Crippen molar-refractivity contribution in [3.63, 3.8) is 0 Å². The lowest BCUT2D eigenvalue weighted by molar-refractivity contribution is -0.132. The molecule has 0 aliphatic carbocycles. The van der Waals surface area contributed by atoms with Gasteiger partial charge in [0.1, 0.15) is 11.5 Å². The Morgan fingerprint density at radius 3 is 2.73 bits per heavy atom. The molecule has 26 heavy (non-hydrogen) atoms. The third-order valence-corrected chi connectivity index (χ3v) is 4.79. The number of H-pyrrole nitrogens is 1. The molecular weight excluding hydrogens is 334 g/mol. The zero-order valence-corrected chi connectivity index (χ0v) is 15.4. The standard InChI is InChI=1S/C19H25N3O4/c1-19(2)13-21(18(24)9-8-14-12-17(23)20-26-14)10-11-22(19)15-6-4-5-7-16(15)25-3/h4-7,12H,8-11,13H2,1-3H3,(H,20,23). The van der Waals surface area contributed by atoms with Crippen LogP contribution in [0.1, 0.15) is 26.0 Å². The van der Waals surface area contributed by atoms with Gasteiger partial charge in [-0.3, -0.25) is 9.59 Å². The fraction of sp³-hybridized carbons (Fsp3) is 0.474. The van der Waals surface area contributed by atoms with E-state index in [0.29, 0.717) is 31.7 Å². The van der Waals surface area contributed by atoms with Crippen molar-refractivity contribution >= 4 is 11.6 Å². The van der Waals surface area contributed by atoms with Gasteiger partial charge in [-0.15, -0.1) is 0 Å². The monoisotopic (exact) mass is 359 g/mol. The van der Waals surface area contributed by atoms with Crippen LogP contribution in [0.2, 0.25) is 0 Å². The van der Waals surface area contributed by atoms with E-state index >= 15 is 0 Å². The molecule has 1 fully saturated rings. The van der Waals surface area contributed by atoms with Gasteiger partial charge in [-0.25, -0.2) is 0 Å². The van der Waals surface area contributed by atoms with Crippen LogP contribution in [-0.2, 0) is 11.2 Å². The van der Waals surface area contributed by atoms with Crippen molar-refractivity contribution in [3.8, 4) is 5.75 Å². The molecule has 0 saturated carbocycles. The van der Waals surface area contributed by atoms with E-state index < -0.39 is 0 Å². The van der Waals surface area contributed by atoms with Crippen molar-refractivity contribution in [1.82, 2.24) is 10.1 Å². The van der Waals surface area contributed by atoms with Gasteiger partial charge in [0.15, 0.2) is 0 Å². The lowest BCUT2D eigenvalue weighted by Gasteiger charge is -2.48. The fourth-order valence-corrected chi connectivity index (χ4v) is 3.50. The van der Waals surface area contributed by atoms with Gasteiger partial charge in [-0.1, -0.05) is 12.1 Å². The number of anilines is 1. The van der Waals surface area contributed by atoms with E-state index in [1.54, 1.807) is 7.11 Å². The van der Waals surface area contributed by atoms with Gasteiger partial charge in [0.25, 0.3) is 5.56 Å². The molecule has 2 aromatic rings. The first-order valence-electron chi connectivity index (χ1n) is 8.76. The van der Waals surface area contributed by atoms with Crippen molar-refractivity contribution in [2.75, 3.05) is 31.6 Å². The Hall–Kier alpha value is -2.70. The highest BCUT2D eigenvalue weighted by Crippen LogP contribution is 2.34. The maximum absolute atomic E-state index is 12.6. The minimum atomic E-state index is -0.279. The maximum Gasteiger partial charge on any atom is 0.280 e. The Bertz CT molecular complexity index is 824. The van der Waals surface area contributed by atoms with Gasteiger partial charge < -0.3 is 19.1 Å². The van der Waals surface area contributed by atoms with Crippen molar-refractivity contribution in [2.45, 2.75) is 32.2 Å². The Morgan fingerprint density at radius 1 is 1.31 bits per heavy atom. The zero-order chi connectivity index (χ0) is 18.7. The smallest absolute Gasteiger partial charge is 0.280 e. The first kappa shape index (κ1) is 18.1. The molecule has 1 N–H and O–H groups in total. The van der Waals surface area contributed by atoms with Gasteiger partial charge in [0, 0.05) is 38.5 Å². The number of aromatic amines is 1. The molecule has 3 rings (SSSR count).